The molecule has 1 saturated heterocycles. The molecule has 1 atom stereocenters. The number of nitrogens with one attached hydrogen (secondary N) is 1. The number of benzene rings is 1. The molecule has 0 aliphatic carbocycles. The molecule has 1 fully saturated rings. The first-order chi connectivity index (χ1) is 10.1. The molecule has 112 valence electrons. The van der Waals surface area contributed by atoms with Crippen molar-refractivity contribution in [2.75, 3.05) is 13.2 Å². The second kappa shape index (κ2) is 6.15. The SMILES string of the molecule is CC1=NC(CC2CCOCC2)(c2cccc(Br)c2)NC1=S. The maximum Gasteiger partial charge on any atom is 0.156 e. The van der Waals surface area contributed by atoms with Gasteiger partial charge < -0.3 is 10.1 Å². The minimum absolute atomic E-state index is 0.410. The Labute approximate surface area is 139 Å². The third-order valence-corrected chi connectivity index (χ3v) is 5.13. The van der Waals surface area contributed by atoms with E-state index in [-0.39, 0.29) is 0 Å². The number of rotatable bonds is 3. The molecule has 2 heterocycles. The Morgan fingerprint density at radius 1 is 1.43 bits per heavy atom. The molecule has 0 bridgehead atoms. The topological polar surface area (TPSA) is 33.6 Å². The van der Waals surface area contributed by atoms with Crippen molar-refractivity contribution in [3.05, 3.63) is 34.3 Å². The van der Waals surface area contributed by atoms with Crippen LogP contribution in [0.1, 0.15) is 31.7 Å². The first-order valence-electron chi connectivity index (χ1n) is 7.32. The summed E-state index contributed by atoms with van der Waals surface area (Å²) < 4.78 is 6.54. The summed E-state index contributed by atoms with van der Waals surface area (Å²) in [5, 5.41) is 3.47. The molecule has 2 aliphatic heterocycles. The summed E-state index contributed by atoms with van der Waals surface area (Å²) >= 11 is 8.97. The Morgan fingerprint density at radius 2 is 2.19 bits per heavy atom. The van der Waals surface area contributed by atoms with Gasteiger partial charge in [-0.2, -0.15) is 0 Å². The first-order valence-corrected chi connectivity index (χ1v) is 8.52. The molecule has 0 amide bonds. The van der Waals surface area contributed by atoms with E-state index in [2.05, 4.69) is 39.4 Å². The van der Waals surface area contributed by atoms with E-state index < -0.39 is 5.66 Å². The molecule has 0 radical (unpaired) electrons. The third-order valence-electron chi connectivity index (χ3n) is 4.23. The maximum atomic E-state index is 5.47. The zero-order valence-corrected chi connectivity index (χ0v) is 14.5. The number of aliphatic imine (C=N–C) groups is 1. The van der Waals surface area contributed by atoms with Crippen LogP contribution < -0.4 is 5.32 Å². The van der Waals surface area contributed by atoms with Crippen molar-refractivity contribution >= 4 is 38.8 Å². The molecule has 0 aromatic heterocycles. The van der Waals surface area contributed by atoms with Crippen LogP contribution in [0.25, 0.3) is 0 Å². The van der Waals surface area contributed by atoms with E-state index in [1.54, 1.807) is 0 Å². The van der Waals surface area contributed by atoms with Crippen molar-refractivity contribution < 1.29 is 4.74 Å². The third kappa shape index (κ3) is 3.20. The first kappa shape index (κ1) is 15.1. The number of ether oxygens (including phenoxy) is 1. The van der Waals surface area contributed by atoms with Crippen molar-refractivity contribution in [1.29, 1.82) is 0 Å². The fourth-order valence-corrected chi connectivity index (χ4v) is 3.72. The highest BCUT2D eigenvalue weighted by Gasteiger charge is 2.40. The van der Waals surface area contributed by atoms with Crippen molar-refractivity contribution in [2.24, 2.45) is 10.9 Å². The van der Waals surface area contributed by atoms with Gasteiger partial charge in [0.2, 0.25) is 0 Å². The summed E-state index contributed by atoms with van der Waals surface area (Å²) in [4.78, 5) is 5.67. The monoisotopic (exact) mass is 366 g/mol. The van der Waals surface area contributed by atoms with E-state index in [0.29, 0.717) is 5.92 Å². The van der Waals surface area contributed by atoms with Gasteiger partial charge in [-0.3, -0.25) is 4.99 Å². The molecule has 1 aromatic rings. The number of hydrogen-bond donors (Lipinski definition) is 1. The van der Waals surface area contributed by atoms with Crippen molar-refractivity contribution in [3.63, 3.8) is 0 Å². The molecule has 21 heavy (non-hydrogen) atoms. The summed E-state index contributed by atoms with van der Waals surface area (Å²) in [5.41, 5.74) is 1.69. The molecule has 2 aliphatic rings. The van der Waals surface area contributed by atoms with Gasteiger partial charge in [-0.1, -0.05) is 40.3 Å². The molecule has 1 unspecified atom stereocenters. The zero-order valence-electron chi connectivity index (χ0n) is 12.1. The van der Waals surface area contributed by atoms with Crippen molar-refractivity contribution in [1.82, 2.24) is 5.32 Å². The maximum absolute atomic E-state index is 5.47. The van der Waals surface area contributed by atoms with E-state index in [1.165, 1.54) is 5.56 Å². The quantitative estimate of drug-likeness (QED) is 0.825. The minimum Gasteiger partial charge on any atom is -0.381 e. The average molecular weight is 367 g/mol. The Morgan fingerprint density at radius 3 is 2.81 bits per heavy atom. The molecule has 5 heteroatoms. The molecule has 3 nitrogen and oxygen atoms in total. The second-order valence-electron chi connectivity index (χ2n) is 5.78. The van der Waals surface area contributed by atoms with Gasteiger partial charge in [0.15, 0.2) is 5.66 Å². The van der Waals surface area contributed by atoms with Crippen LogP contribution in [0.2, 0.25) is 0 Å². The predicted octanol–water partition coefficient (Wildman–Crippen LogP) is 3.81. The molecule has 0 spiro atoms. The lowest BCUT2D eigenvalue weighted by Crippen LogP contribution is -2.41. The van der Waals surface area contributed by atoms with Crippen LogP contribution in [-0.2, 0) is 10.4 Å². The number of hydrogen-bond acceptors (Lipinski definition) is 3. The predicted molar refractivity (Wildman–Crippen MR) is 92.8 cm³/mol. The second-order valence-corrected chi connectivity index (χ2v) is 7.11. The van der Waals surface area contributed by atoms with Crippen molar-refractivity contribution in [2.45, 2.75) is 31.8 Å². The largest absolute Gasteiger partial charge is 0.381 e. The number of thiocarbonyl (C=S) groups is 1. The van der Waals surface area contributed by atoms with E-state index in [9.17, 15) is 0 Å². The van der Waals surface area contributed by atoms with Crippen LogP contribution in [0, 0.1) is 5.92 Å². The normalized spacial score (nSPS) is 26.6. The Kier molecular flexibility index (Phi) is 4.43. The number of nitrogens with zero attached hydrogens (tertiary/aromatic N) is 1. The van der Waals surface area contributed by atoms with E-state index in [4.69, 9.17) is 21.9 Å². The smallest absolute Gasteiger partial charge is 0.156 e. The molecule has 1 N–H and O–H groups in total. The highest BCUT2D eigenvalue weighted by Crippen LogP contribution is 2.37. The summed E-state index contributed by atoms with van der Waals surface area (Å²) in [6.07, 6.45) is 3.15. The summed E-state index contributed by atoms with van der Waals surface area (Å²) in [6, 6.07) is 8.35. The minimum atomic E-state index is -0.410. The van der Waals surface area contributed by atoms with Gasteiger partial charge in [0.05, 0.1) is 5.71 Å². The summed E-state index contributed by atoms with van der Waals surface area (Å²) in [6.45, 7) is 3.69. The fraction of sp³-hybridized carbons (Fsp3) is 0.500. The van der Waals surface area contributed by atoms with Crippen LogP contribution >= 0.6 is 28.1 Å². The van der Waals surface area contributed by atoms with Gasteiger partial charge in [0, 0.05) is 23.2 Å². The number of halogens is 1. The molecular formula is C16H19BrN2OS. The van der Waals surface area contributed by atoms with Gasteiger partial charge in [-0.05, 0) is 44.2 Å². The highest BCUT2D eigenvalue weighted by molar-refractivity contribution is 9.10. The lowest BCUT2D eigenvalue weighted by Gasteiger charge is -2.33. The van der Waals surface area contributed by atoms with E-state index >= 15 is 0 Å². The highest BCUT2D eigenvalue weighted by atomic mass is 79.9. The summed E-state index contributed by atoms with van der Waals surface area (Å²) in [5.74, 6) is 0.614. The average Bonchev–Trinajstić information content (AvgIpc) is 2.76. The van der Waals surface area contributed by atoms with Gasteiger partial charge in [-0.25, -0.2) is 0 Å². The Balaban J connectivity index is 1.94. The van der Waals surface area contributed by atoms with Crippen LogP contribution in [0.5, 0.6) is 0 Å². The van der Waals surface area contributed by atoms with Crippen LogP contribution in [-0.4, -0.2) is 23.9 Å². The van der Waals surface area contributed by atoms with Crippen molar-refractivity contribution in [3.8, 4) is 0 Å². The fourth-order valence-electron chi connectivity index (χ4n) is 3.11. The van der Waals surface area contributed by atoms with Gasteiger partial charge in [0.1, 0.15) is 4.99 Å². The van der Waals surface area contributed by atoms with Gasteiger partial charge in [-0.15, -0.1) is 0 Å². The molecule has 1 aromatic carbocycles. The molecule has 0 saturated carbocycles. The Hall–Kier alpha value is -0.780. The van der Waals surface area contributed by atoms with E-state index in [0.717, 1.165) is 47.6 Å². The molecule has 3 rings (SSSR count). The summed E-state index contributed by atoms with van der Waals surface area (Å²) in [7, 11) is 0. The van der Waals surface area contributed by atoms with E-state index in [1.807, 2.05) is 13.0 Å². The standard InChI is InChI=1S/C16H19BrN2OS/c1-11-15(21)19-16(18-11,10-12-5-7-20-8-6-12)13-3-2-4-14(17)9-13/h2-4,9,12H,5-8,10H2,1H3,(H,19,21). The lowest BCUT2D eigenvalue weighted by molar-refractivity contribution is 0.0552. The van der Waals surface area contributed by atoms with Gasteiger partial charge >= 0.3 is 0 Å². The van der Waals surface area contributed by atoms with Crippen LogP contribution in [0.15, 0.2) is 33.7 Å². The van der Waals surface area contributed by atoms with Crippen LogP contribution in [0.4, 0.5) is 0 Å². The zero-order chi connectivity index (χ0) is 14.9. The Bertz CT molecular complexity index is 583. The molecular weight excluding hydrogens is 348 g/mol. The lowest BCUT2D eigenvalue weighted by atomic mass is 9.85. The van der Waals surface area contributed by atoms with Gasteiger partial charge in [0.25, 0.3) is 0 Å². The van der Waals surface area contributed by atoms with Crippen LogP contribution in [0.3, 0.4) is 0 Å².